The summed E-state index contributed by atoms with van der Waals surface area (Å²) in [4.78, 5) is 12.0. The number of ether oxygens (including phenoxy) is 2. The number of rotatable bonds is 3. The van der Waals surface area contributed by atoms with Crippen molar-refractivity contribution in [1.82, 2.24) is 9.78 Å². The lowest BCUT2D eigenvalue weighted by molar-refractivity contribution is -0.143. The van der Waals surface area contributed by atoms with Gasteiger partial charge in [-0.05, 0) is 24.6 Å². The maximum Gasteiger partial charge on any atom is 0.433 e. The van der Waals surface area contributed by atoms with Crippen molar-refractivity contribution >= 4 is 12.0 Å². The molecule has 0 spiro atoms. The molecule has 2 heterocycles. The van der Waals surface area contributed by atoms with Crippen LogP contribution in [-0.2, 0) is 17.5 Å². The van der Waals surface area contributed by atoms with Gasteiger partial charge in [0.25, 0.3) is 5.91 Å². The van der Waals surface area contributed by atoms with E-state index in [1.807, 2.05) is 18.2 Å². The highest BCUT2D eigenvalue weighted by Gasteiger charge is 2.36. The predicted molar refractivity (Wildman–Crippen MR) is 87.5 cm³/mol. The van der Waals surface area contributed by atoms with E-state index in [2.05, 4.69) is 5.10 Å². The summed E-state index contributed by atoms with van der Waals surface area (Å²) < 4.78 is 49.7. The van der Waals surface area contributed by atoms with Gasteiger partial charge in [-0.1, -0.05) is 30.4 Å². The highest BCUT2D eigenvalue weighted by molar-refractivity contribution is 5.90. The van der Waals surface area contributed by atoms with Crippen LogP contribution in [0.4, 0.5) is 13.2 Å². The Bertz CT molecular complexity index is 882. The SMILES string of the molecule is Cc1cc(C(F)(F)F)n(C(=O)C=CC=Cc2cccc3c2COCO3)n1. The van der Waals surface area contributed by atoms with Gasteiger partial charge < -0.3 is 9.47 Å². The van der Waals surface area contributed by atoms with E-state index in [-0.39, 0.29) is 12.5 Å². The van der Waals surface area contributed by atoms with Crippen LogP contribution in [0.1, 0.15) is 27.3 Å². The molecule has 0 saturated heterocycles. The van der Waals surface area contributed by atoms with Gasteiger partial charge in [-0.3, -0.25) is 4.79 Å². The largest absolute Gasteiger partial charge is 0.467 e. The average Bonchev–Trinajstić information content (AvgIpc) is 3.01. The molecule has 1 aliphatic heterocycles. The van der Waals surface area contributed by atoms with Crippen LogP contribution in [0, 0.1) is 6.92 Å². The first-order valence-corrected chi connectivity index (χ1v) is 7.71. The molecular weight excluding hydrogens is 349 g/mol. The molecule has 0 aliphatic carbocycles. The zero-order valence-corrected chi connectivity index (χ0v) is 13.8. The van der Waals surface area contributed by atoms with Gasteiger partial charge in [-0.15, -0.1) is 0 Å². The number of fused-ring (bicyclic) bond motifs is 1. The summed E-state index contributed by atoms with van der Waals surface area (Å²) in [6.45, 7) is 1.99. The van der Waals surface area contributed by atoms with Crippen molar-refractivity contribution in [2.45, 2.75) is 19.7 Å². The molecule has 26 heavy (non-hydrogen) atoms. The van der Waals surface area contributed by atoms with E-state index in [9.17, 15) is 18.0 Å². The molecule has 136 valence electrons. The topological polar surface area (TPSA) is 53.4 Å². The van der Waals surface area contributed by atoms with E-state index < -0.39 is 17.8 Å². The number of benzene rings is 1. The summed E-state index contributed by atoms with van der Waals surface area (Å²) in [5, 5.41) is 3.61. The van der Waals surface area contributed by atoms with Gasteiger partial charge in [0.2, 0.25) is 0 Å². The first-order valence-electron chi connectivity index (χ1n) is 7.71. The van der Waals surface area contributed by atoms with Crippen LogP contribution in [0.5, 0.6) is 5.75 Å². The lowest BCUT2D eigenvalue weighted by Crippen LogP contribution is -2.19. The summed E-state index contributed by atoms with van der Waals surface area (Å²) in [6, 6.07) is 6.33. The molecule has 0 bridgehead atoms. The Morgan fingerprint density at radius 1 is 1.31 bits per heavy atom. The lowest BCUT2D eigenvalue weighted by Gasteiger charge is -2.19. The number of halogens is 3. The van der Waals surface area contributed by atoms with Crippen molar-refractivity contribution in [3.63, 3.8) is 0 Å². The number of allylic oxidation sites excluding steroid dienone is 3. The monoisotopic (exact) mass is 364 g/mol. The minimum Gasteiger partial charge on any atom is -0.467 e. The quantitative estimate of drug-likeness (QED) is 0.611. The number of carbonyl (C=O) groups is 1. The van der Waals surface area contributed by atoms with Gasteiger partial charge in [0, 0.05) is 11.6 Å². The van der Waals surface area contributed by atoms with Crippen LogP contribution in [0.15, 0.2) is 42.5 Å². The third-order valence-electron chi connectivity index (χ3n) is 3.67. The van der Waals surface area contributed by atoms with Crippen LogP contribution in [-0.4, -0.2) is 22.5 Å². The summed E-state index contributed by atoms with van der Waals surface area (Å²) in [5.74, 6) is -0.155. The Balaban J connectivity index is 1.76. The van der Waals surface area contributed by atoms with Crippen LogP contribution in [0.3, 0.4) is 0 Å². The average molecular weight is 364 g/mol. The zero-order valence-electron chi connectivity index (χ0n) is 13.8. The molecule has 5 nitrogen and oxygen atoms in total. The molecular formula is C18H15F3N2O3. The van der Waals surface area contributed by atoms with E-state index in [4.69, 9.17) is 9.47 Å². The number of alkyl halides is 3. The molecule has 1 aliphatic rings. The third-order valence-corrected chi connectivity index (χ3v) is 3.67. The van der Waals surface area contributed by atoms with E-state index in [0.717, 1.165) is 29.0 Å². The Hall–Kier alpha value is -2.87. The minimum atomic E-state index is -4.65. The van der Waals surface area contributed by atoms with E-state index in [0.29, 0.717) is 11.3 Å². The number of hydrogen-bond acceptors (Lipinski definition) is 4. The summed E-state index contributed by atoms with van der Waals surface area (Å²) in [6.07, 6.45) is 1.03. The summed E-state index contributed by atoms with van der Waals surface area (Å²) in [7, 11) is 0. The fourth-order valence-corrected chi connectivity index (χ4v) is 2.51. The summed E-state index contributed by atoms with van der Waals surface area (Å²) in [5.41, 5.74) is 0.729. The highest BCUT2D eigenvalue weighted by atomic mass is 19.4. The van der Waals surface area contributed by atoms with Crippen LogP contribution in [0.2, 0.25) is 0 Å². The number of hydrogen-bond donors (Lipinski definition) is 0. The van der Waals surface area contributed by atoms with E-state index in [1.165, 1.54) is 13.0 Å². The molecule has 0 saturated carbocycles. The van der Waals surface area contributed by atoms with Crippen molar-refractivity contribution in [3.05, 3.63) is 65.0 Å². The lowest BCUT2D eigenvalue weighted by atomic mass is 10.1. The molecule has 1 aromatic heterocycles. The molecule has 8 heteroatoms. The second-order valence-corrected chi connectivity index (χ2v) is 5.57. The third kappa shape index (κ3) is 3.85. The van der Waals surface area contributed by atoms with Gasteiger partial charge in [0.05, 0.1) is 12.3 Å². The number of aromatic nitrogens is 2. The molecule has 0 atom stereocenters. The number of aryl methyl sites for hydroxylation is 1. The van der Waals surface area contributed by atoms with Gasteiger partial charge in [0.15, 0.2) is 12.5 Å². The second-order valence-electron chi connectivity index (χ2n) is 5.57. The van der Waals surface area contributed by atoms with Gasteiger partial charge in [-0.25, -0.2) is 0 Å². The van der Waals surface area contributed by atoms with Gasteiger partial charge in [-0.2, -0.15) is 23.0 Å². The first kappa shape index (κ1) is 17.9. The standard InChI is InChI=1S/C18H15F3N2O3/c1-12-9-16(18(19,20)21)23(22-12)17(24)8-3-2-5-13-6-4-7-15-14(13)10-25-11-26-15/h2-9H,10-11H2,1H3. The second kappa shape index (κ2) is 7.17. The smallest absolute Gasteiger partial charge is 0.433 e. The molecule has 0 amide bonds. The molecule has 3 rings (SSSR count). The van der Waals surface area contributed by atoms with Gasteiger partial charge >= 0.3 is 6.18 Å². The fourth-order valence-electron chi connectivity index (χ4n) is 2.51. The van der Waals surface area contributed by atoms with Crippen molar-refractivity contribution in [2.75, 3.05) is 6.79 Å². The maximum atomic E-state index is 12.9. The minimum absolute atomic E-state index is 0.116. The summed E-state index contributed by atoms with van der Waals surface area (Å²) >= 11 is 0. The first-order chi connectivity index (χ1) is 12.4. The van der Waals surface area contributed by atoms with Gasteiger partial charge in [0.1, 0.15) is 5.75 Å². The van der Waals surface area contributed by atoms with E-state index >= 15 is 0 Å². The van der Waals surface area contributed by atoms with E-state index in [1.54, 1.807) is 12.2 Å². The van der Waals surface area contributed by atoms with Crippen LogP contribution >= 0.6 is 0 Å². The molecule has 0 fully saturated rings. The predicted octanol–water partition coefficient (Wildman–Crippen LogP) is 3.99. The van der Waals surface area contributed by atoms with Crippen molar-refractivity contribution < 1.29 is 27.4 Å². The Kier molecular flexibility index (Phi) is 4.94. The Morgan fingerprint density at radius 2 is 2.12 bits per heavy atom. The molecule has 1 aromatic carbocycles. The maximum absolute atomic E-state index is 12.9. The molecule has 0 radical (unpaired) electrons. The van der Waals surface area contributed by atoms with Crippen LogP contribution < -0.4 is 4.74 Å². The van der Waals surface area contributed by atoms with Crippen LogP contribution in [0.25, 0.3) is 6.08 Å². The Morgan fingerprint density at radius 3 is 2.88 bits per heavy atom. The van der Waals surface area contributed by atoms with Crippen molar-refractivity contribution in [1.29, 1.82) is 0 Å². The zero-order chi connectivity index (χ0) is 18.7. The highest BCUT2D eigenvalue weighted by Crippen LogP contribution is 2.30. The molecule has 0 unspecified atom stereocenters. The number of carbonyl (C=O) groups excluding carboxylic acids is 1. The number of nitrogens with zero attached hydrogens (tertiary/aromatic N) is 2. The normalized spacial score (nSPS) is 14.6. The van der Waals surface area contributed by atoms with Crippen molar-refractivity contribution in [2.24, 2.45) is 0 Å². The Labute approximate surface area is 147 Å². The molecule has 2 aromatic rings. The fraction of sp³-hybridized carbons (Fsp3) is 0.222. The molecule has 0 N–H and O–H groups in total. The van der Waals surface area contributed by atoms with Crippen molar-refractivity contribution in [3.8, 4) is 5.75 Å².